The molecule has 1 amide bonds. The van der Waals surface area contributed by atoms with Gasteiger partial charge in [0.1, 0.15) is 0 Å². The first kappa shape index (κ1) is 22.6. The highest BCUT2D eigenvalue weighted by molar-refractivity contribution is 7.13. The number of piperidine rings is 1. The van der Waals surface area contributed by atoms with Crippen LogP contribution < -0.4 is 10.6 Å². The summed E-state index contributed by atoms with van der Waals surface area (Å²) in [7, 11) is 1.90. The van der Waals surface area contributed by atoms with E-state index in [0.29, 0.717) is 6.42 Å². The molecule has 0 bridgehead atoms. The van der Waals surface area contributed by atoms with Crippen molar-refractivity contribution < 1.29 is 4.79 Å². The number of likely N-dealkylation sites (tertiary alicyclic amines) is 1. The van der Waals surface area contributed by atoms with E-state index in [2.05, 4.69) is 32.8 Å². The second kappa shape index (κ2) is 12.0. The number of carbonyl (C=O) groups excluding carboxylic acids is 1. The standard InChI is InChI=1S/C15H26N4OS.2ClH/c1-12-5-4-8-19(9-12)10-13-11-21-15(17-13)18-14(20)6-3-7-16-2;;/h11-12,16H,3-10H2,1-2H3,(H,17,18,20);2*1H. The summed E-state index contributed by atoms with van der Waals surface area (Å²) in [6.07, 6.45) is 4.01. The second-order valence-electron chi connectivity index (χ2n) is 5.88. The number of halogens is 2. The molecule has 2 N–H and O–H groups in total. The lowest BCUT2D eigenvalue weighted by molar-refractivity contribution is -0.116. The average molecular weight is 383 g/mol. The number of thiazole rings is 1. The van der Waals surface area contributed by atoms with Gasteiger partial charge >= 0.3 is 0 Å². The number of aromatic nitrogens is 1. The van der Waals surface area contributed by atoms with Crippen LogP contribution in [0.1, 0.15) is 38.3 Å². The summed E-state index contributed by atoms with van der Waals surface area (Å²) >= 11 is 1.52. The maximum atomic E-state index is 11.7. The number of nitrogens with zero attached hydrogens (tertiary/aromatic N) is 2. The molecular formula is C15H28Cl2N4OS. The first-order valence-electron chi connectivity index (χ1n) is 7.78. The van der Waals surface area contributed by atoms with Gasteiger partial charge in [-0.1, -0.05) is 6.92 Å². The van der Waals surface area contributed by atoms with Gasteiger partial charge in [-0.25, -0.2) is 4.98 Å². The topological polar surface area (TPSA) is 57.3 Å². The maximum Gasteiger partial charge on any atom is 0.226 e. The lowest BCUT2D eigenvalue weighted by Crippen LogP contribution is -2.33. The van der Waals surface area contributed by atoms with E-state index in [1.807, 2.05) is 7.05 Å². The fourth-order valence-electron chi connectivity index (χ4n) is 2.70. The van der Waals surface area contributed by atoms with Gasteiger partial charge in [0.25, 0.3) is 0 Å². The van der Waals surface area contributed by atoms with Gasteiger partial charge in [-0.3, -0.25) is 9.69 Å². The van der Waals surface area contributed by atoms with Crippen LogP contribution >= 0.6 is 36.2 Å². The predicted octanol–water partition coefficient (Wildman–Crippen LogP) is 3.16. The number of carbonyl (C=O) groups is 1. The van der Waals surface area contributed by atoms with E-state index >= 15 is 0 Å². The predicted molar refractivity (Wildman–Crippen MR) is 102 cm³/mol. The van der Waals surface area contributed by atoms with Crippen LogP contribution in [0.25, 0.3) is 0 Å². The van der Waals surface area contributed by atoms with E-state index in [1.165, 1.54) is 24.2 Å². The zero-order chi connectivity index (χ0) is 15.1. The van der Waals surface area contributed by atoms with Gasteiger partial charge in [0.05, 0.1) is 5.69 Å². The third-order valence-corrected chi connectivity index (χ3v) is 4.56. The molecule has 1 unspecified atom stereocenters. The normalized spacial score (nSPS) is 17.9. The lowest BCUT2D eigenvalue weighted by atomic mass is 10.0. The molecule has 0 spiro atoms. The van der Waals surface area contributed by atoms with Crippen molar-refractivity contribution in [3.05, 3.63) is 11.1 Å². The fraction of sp³-hybridized carbons (Fsp3) is 0.733. The molecule has 0 saturated carbocycles. The van der Waals surface area contributed by atoms with Crippen LogP contribution in [-0.4, -0.2) is 42.5 Å². The zero-order valence-electron chi connectivity index (χ0n) is 13.8. The largest absolute Gasteiger partial charge is 0.320 e. The lowest BCUT2D eigenvalue weighted by Gasteiger charge is -2.30. The molecule has 0 aromatic carbocycles. The third-order valence-electron chi connectivity index (χ3n) is 3.76. The van der Waals surface area contributed by atoms with Crippen molar-refractivity contribution in [2.75, 3.05) is 32.0 Å². The summed E-state index contributed by atoms with van der Waals surface area (Å²) in [6.45, 7) is 6.39. The van der Waals surface area contributed by atoms with Gasteiger partial charge < -0.3 is 10.6 Å². The molecule has 2 rings (SSSR count). The van der Waals surface area contributed by atoms with Crippen molar-refractivity contribution in [3.63, 3.8) is 0 Å². The van der Waals surface area contributed by atoms with Crippen LogP contribution in [0.2, 0.25) is 0 Å². The molecular weight excluding hydrogens is 355 g/mol. The quantitative estimate of drug-likeness (QED) is 0.711. The monoisotopic (exact) mass is 382 g/mol. The second-order valence-corrected chi connectivity index (χ2v) is 6.74. The molecule has 134 valence electrons. The van der Waals surface area contributed by atoms with Gasteiger partial charge in [0, 0.05) is 24.9 Å². The molecule has 23 heavy (non-hydrogen) atoms. The molecule has 1 aromatic heterocycles. The number of hydrogen-bond acceptors (Lipinski definition) is 5. The third kappa shape index (κ3) is 8.31. The van der Waals surface area contributed by atoms with Crippen LogP contribution in [0.4, 0.5) is 5.13 Å². The molecule has 1 saturated heterocycles. The molecule has 5 nitrogen and oxygen atoms in total. The fourth-order valence-corrected chi connectivity index (χ4v) is 3.42. The van der Waals surface area contributed by atoms with Crippen molar-refractivity contribution in [2.45, 2.75) is 39.2 Å². The SMILES string of the molecule is CNCCCC(=O)Nc1nc(CN2CCCC(C)C2)cs1.Cl.Cl. The average Bonchev–Trinajstić information content (AvgIpc) is 2.86. The summed E-state index contributed by atoms with van der Waals surface area (Å²) in [5.74, 6) is 0.835. The number of rotatable bonds is 7. The Morgan fingerprint density at radius 2 is 2.26 bits per heavy atom. The van der Waals surface area contributed by atoms with E-state index in [1.54, 1.807) is 0 Å². The summed E-state index contributed by atoms with van der Waals surface area (Å²) in [5.41, 5.74) is 1.07. The Morgan fingerprint density at radius 1 is 1.48 bits per heavy atom. The maximum absolute atomic E-state index is 11.7. The van der Waals surface area contributed by atoms with Crippen molar-refractivity contribution in [2.24, 2.45) is 5.92 Å². The highest BCUT2D eigenvalue weighted by atomic mass is 35.5. The highest BCUT2D eigenvalue weighted by Crippen LogP contribution is 2.21. The number of anilines is 1. The zero-order valence-corrected chi connectivity index (χ0v) is 16.3. The summed E-state index contributed by atoms with van der Waals surface area (Å²) < 4.78 is 0. The summed E-state index contributed by atoms with van der Waals surface area (Å²) in [4.78, 5) is 18.7. The van der Waals surface area contributed by atoms with E-state index in [0.717, 1.165) is 49.3 Å². The van der Waals surface area contributed by atoms with Crippen molar-refractivity contribution in [3.8, 4) is 0 Å². The van der Waals surface area contributed by atoms with Crippen LogP contribution in [0, 0.1) is 5.92 Å². The Bertz CT molecular complexity index is 458. The Labute approximate surface area is 155 Å². The van der Waals surface area contributed by atoms with Gasteiger partial charge in [-0.05, 0) is 45.3 Å². The van der Waals surface area contributed by atoms with E-state index in [4.69, 9.17) is 0 Å². The van der Waals surface area contributed by atoms with Crippen LogP contribution in [0.3, 0.4) is 0 Å². The molecule has 1 aliphatic rings. The number of nitrogens with one attached hydrogen (secondary N) is 2. The number of hydrogen-bond donors (Lipinski definition) is 2. The Morgan fingerprint density at radius 3 is 2.96 bits per heavy atom. The molecule has 1 aromatic rings. The van der Waals surface area contributed by atoms with Gasteiger partial charge in [-0.2, -0.15) is 0 Å². The molecule has 8 heteroatoms. The van der Waals surface area contributed by atoms with Crippen LogP contribution in [0.5, 0.6) is 0 Å². The van der Waals surface area contributed by atoms with Gasteiger partial charge in [0.2, 0.25) is 5.91 Å². The molecule has 0 radical (unpaired) electrons. The Kier molecular flexibility index (Phi) is 11.8. The summed E-state index contributed by atoms with van der Waals surface area (Å²) in [6, 6.07) is 0. The van der Waals surface area contributed by atoms with Gasteiger partial charge in [0.15, 0.2) is 5.13 Å². The molecule has 0 aliphatic carbocycles. The van der Waals surface area contributed by atoms with Crippen molar-refractivity contribution in [1.29, 1.82) is 0 Å². The molecule has 1 aliphatic heterocycles. The summed E-state index contributed by atoms with van der Waals surface area (Å²) in [5, 5.41) is 8.72. The van der Waals surface area contributed by atoms with Gasteiger partial charge in [-0.15, -0.1) is 36.2 Å². The minimum atomic E-state index is 0. The first-order chi connectivity index (χ1) is 10.2. The van der Waals surface area contributed by atoms with Crippen LogP contribution in [0.15, 0.2) is 5.38 Å². The molecule has 1 atom stereocenters. The molecule has 2 heterocycles. The Hall–Kier alpha value is -0.400. The first-order valence-corrected chi connectivity index (χ1v) is 8.66. The van der Waals surface area contributed by atoms with E-state index < -0.39 is 0 Å². The van der Waals surface area contributed by atoms with Crippen molar-refractivity contribution >= 4 is 47.2 Å². The Balaban J connectivity index is 0.00000242. The van der Waals surface area contributed by atoms with E-state index in [9.17, 15) is 4.79 Å². The van der Waals surface area contributed by atoms with E-state index in [-0.39, 0.29) is 30.7 Å². The highest BCUT2D eigenvalue weighted by Gasteiger charge is 2.17. The smallest absolute Gasteiger partial charge is 0.226 e. The number of amides is 1. The van der Waals surface area contributed by atoms with Crippen molar-refractivity contribution in [1.82, 2.24) is 15.2 Å². The minimum Gasteiger partial charge on any atom is -0.320 e. The minimum absolute atomic E-state index is 0. The van der Waals surface area contributed by atoms with Crippen LogP contribution in [-0.2, 0) is 11.3 Å². The molecule has 1 fully saturated rings.